The first kappa shape index (κ1) is 19.8. The van der Waals surface area contributed by atoms with Crippen molar-refractivity contribution in [3.8, 4) is 0 Å². The Hall–Kier alpha value is -4.00. The van der Waals surface area contributed by atoms with Crippen LogP contribution in [-0.2, 0) is 9.59 Å². The molecule has 2 aromatic carbocycles. The van der Waals surface area contributed by atoms with Crippen LogP contribution in [0.2, 0.25) is 0 Å². The van der Waals surface area contributed by atoms with E-state index in [1.165, 1.54) is 6.20 Å². The van der Waals surface area contributed by atoms with E-state index in [1.807, 2.05) is 60.7 Å². The van der Waals surface area contributed by atoms with E-state index < -0.39 is 11.8 Å². The first-order chi connectivity index (χ1) is 14.1. The number of carbonyl (C=O) groups excluding carboxylic acids is 3. The van der Waals surface area contributed by atoms with Gasteiger partial charge in [-0.2, -0.15) is 0 Å². The monoisotopic (exact) mass is 388 g/mol. The van der Waals surface area contributed by atoms with Crippen LogP contribution in [0.3, 0.4) is 0 Å². The molecular weight excluding hydrogens is 368 g/mol. The van der Waals surface area contributed by atoms with E-state index in [4.69, 9.17) is 0 Å². The van der Waals surface area contributed by atoms with Gasteiger partial charge in [-0.1, -0.05) is 36.4 Å². The predicted octanol–water partition coefficient (Wildman–Crippen LogP) is 2.99. The van der Waals surface area contributed by atoms with Crippen molar-refractivity contribution in [2.24, 2.45) is 0 Å². The van der Waals surface area contributed by atoms with Crippen molar-refractivity contribution in [1.82, 2.24) is 15.8 Å². The van der Waals surface area contributed by atoms with Crippen molar-refractivity contribution < 1.29 is 14.4 Å². The molecule has 0 aliphatic rings. The molecule has 146 valence electrons. The molecule has 3 amide bonds. The van der Waals surface area contributed by atoms with Gasteiger partial charge in [-0.05, 0) is 36.4 Å². The number of anilines is 2. The number of benzene rings is 2. The molecule has 1 aromatic heterocycles. The molecule has 0 saturated heterocycles. The summed E-state index contributed by atoms with van der Waals surface area (Å²) in [7, 11) is 0. The first-order valence-corrected chi connectivity index (χ1v) is 9.07. The van der Waals surface area contributed by atoms with E-state index in [9.17, 15) is 14.4 Å². The summed E-state index contributed by atoms with van der Waals surface area (Å²) in [6.07, 6.45) is 2.86. The Bertz CT molecular complexity index is 924. The van der Waals surface area contributed by atoms with Gasteiger partial charge in [-0.25, -0.2) is 0 Å². The third kappa shape index (κ3) is 5.49. The molecule has 0 aliphatic heterocycles. The lowest BCUT2D eigenvalue weighted by molar-refractivity contribution is -0.125. The van der Waals surface area contributed by atoms with E-state index >= 15 is 0 Å². The van der Waals surface area contributed by atoms with Crippen LogP contribution in [0.4, 0.5) is 11.4 Å². The Morgan fingerprint density at radius 2 is 1.38 bits per heavy atom. The standard InChI is InChI=1S/C22H20N4O3/c27-20(24-25-22(29)17-8-7-15-23-16-17)13-14-21(28)26(18-9-3-1-4-10-18)19-11-5-2-6-12-19/h1-12,15-16H,13-14H2,(H,24,27)(H,25,29). The third-order valence-corrected chi connectivity index (χ3v) is 4.08. The number of para-hydroxylation sites is 2. The lowest BCUT2D eigenvalue weighted by Gasteiger charge is -2.23. The number of rotatable bonds is 6. The van der Waals surface area contributed by atoms with Crippen LogP contribution in [0.25, 0.3) is 0 Å². The van der Waals surface area contributed by atoms with Crippen molar-refractivity contribution in [3.63, 3.8) is 0 Å². The minimum Gasteiger partial charge on any atom is -0.281 e. The third-order valence-electron chi connectivity index (χ3n) is 4.08. The number of hydrogen-bond donors (Lipinski definition) is 2. The van der Waals surface area contributed by atoms with Crippen LogP contribution in [0.15, 0.2) is 85.2 Å². The number of aromatic nitrogens is 1. The van der Waals surface area contributed by atoms with Crippen LogP contribution in [0.5, 0.6) is 0 Å². The van der Waals surface area contributed by atoms with Gasteiger partial charge in [0.15, 0.2) is 0 Å². The van der Waals surface area contributed by atoms with Crippen LogP contribution in [0, 0.1) is 0 Å². The summed E-state index contributed by atoms with van der Waals surface area (Å²) in [4.78, 5) is 42.3. The topological polar surface area (TPSA) is 91.4 Å². The minimum atomic E-state index is -0.479. The molecule has 0 fully saturated rings. The summed E-state index contributed by atoms with van der Waals surface area (Å²) in [6, 6.07) is 21.7. The number of pyridine rings is 1. The van der Waals surface area contributed by atoms with Gasteiger partial charge in [0.2, 0.25) is 11.8 Å². The molecule has 0 aliphatic carbocycles. The summed E-state index contributed by atoms with van der Waals surface area (Å²) < 4.78 is 0. The van der Waals surface area contributed by atoms with Crippen LogP contribution in [0.1, 0.15) is 23.2 Å². The van der Waals surface area contributed by atoms with E-state index in [0.717, 1.165) is 0 Å². The highest BCUT2D eigenvalue weighted by atomic mass is 16.2. The van der Waals surface area contributed by atoms with Gasteiger partial charge in [0.25, 0.3) is 5.91 Å². The quantitative estimate of drug-likeness (QED) is 0.635. The molecule has 0 atom stereocenters. The molecule has 7 heteroatoms. The molecule has 2 N–H and O–H groups in total. The highest BCUT2D eigenvalue weighted by molar-refractivity contribution is 6.02. The number of nitrogens with one attached hydrogen (secondary N) is 2. The molecule has 0 saturated carbocycles. The smallest absolute Gasteiger partial charge is 0.271 e. The maximum absolute atomic E-state index is 12.9. The Morgan fingerprint density at radius 3 is 1.93 bits per heavy atom. The molecule has 1 heterocycles. The Morgan fingerprint density at radius 1 is 0.759 bits per heavy atom. The van der Waals surface area contributed by atoms with Gasteiger partial charge >= 0.3 is 0 Å². The average Bonchev–Trinajstić information content (AvgIpc) is 2.78. The van der Waals surface area contributed by atoms with Gasteiger partial charge < -0.3 is 0 Å². The van der Waals surface area contributed by atoms with E-state index in [0.29, 0.717) is 16.9 Å². The second kappa shape index (κ2) is 9.80. The number of carbonyl (C=O) groups is 3. The Kier molecular flexibility index (Phi) is 6.67. The fourth-order valence-corrected chi connectivity index (χ4v) is 2.68. The van der Waals surface area contributed by atoms with Crippen LogP contribution < -0.4 is 15.8 Å². The molecule has 0 spiro atoms. The lowest BCUT2D eigenvalue weighted by atomic mass is 10.2. The molecule has 3 aromatic rings. The second-order valence-electron chi connectivity index (χ2n) is 6.14. The lowest BCUT2D eigenvalue weighted by Crippen LogP contribution is -2.42. The molecule has 0 unspecified atom stereocenters. The van der Waals surface area contributed by atoms with E-state index in [1.54, 1.807) is 23.2 Å². The van der Waals surface area contributed by atoms with Gasteiger partial charge in [0, 0.05) is 36.6 Å². The van der Waals surface area contributed by atoms with Gasteiger partial charge in [0.05, 0.1) is 5.56 Å². The van der Waals surface area contributed by atoms with Crippen molar-refractivity contribution in [2.75, 3.05) is 4.90 Å². The predicted molar refractivity (Wildman–Crippen MR) is 109 cm³/mol. The van der Waals surface area contributed by atoms with Crippen molar-refractivity contribution in [2.45, 2.75) is 12.8 Å². The highest BCUT2D eigenvalue weighted by Gasteiger charge is 2.19. The second-order valence-corrected chi connectivity index (χ2v) is 6.14. The fourth-order valence-electron chi connectivity index (χ4n) is 2.68. The summed E-state index contributed by atoms with van der Waals surface area (Å²) >= 11 is 0. The maximum atomic E-state index is 12.9. The zero-order valence-corrected chi connectivity index (χ0v) is 15.6. The number of amides is 3. The fraction of sp³-hybridized carbons (Fsp3) is 0.0909. The highest BCUT2D eigenvalue weighted by Crippen LogP contribution is 2.26. The minimum absolute atomic E-state index is 0.0155. The Balaban J connectivity index is 1.59. The molecule has 0 radical (unpaired) electrons. The molecule has 0 bridgehead atoms. The number of hydrogen-bond acceptors (Lipinski definition) is 4. The molecule has 29 heavy (non-hydrogen) atoms. The molecule has 7 nitrogen and oxygen atoms in total. The van der Waals surface area contributed by atoms with Gasteiger partial charge in [0.1, 0.15) is 0 Å². The van der Waals surface area contributed by atoms with Crippen molar-refractivity contribution in [3.05, 3.63) is 90.8 Å². The summed E-state index contributed by atoms with van der Waals surface area (Å²) in [6.45, 7) is 0. The van der Waals surface area contributed by atoms with Crippen molar-refractivity contribution >= 4 is 29.1 Å². The average molecular weight is 388 g/mol. The largest absolute Gasteiger partial charge is 0.281 e. The van der Waals surface area contributed by atoms with Gasteiger partial charge in [-0.15, -0.1) is 0 Å². The summed E-state index contributed by atoms with van der Waals surface area (Å²) in [5.41, 5.74) is 6.39. The number of hydrazine groups is 1. The van der Waals surface area contributed by atoms with Gasteiger partial charge in [-0.3, -0.25) is 35.1 Å². The number of nitrogens with zero attached hydrogens (tertiary/aromatic N) is 2. The summed E-state index contributed by atoms with van der Waals surface area (Å²) in [5.74, 6) is -1.17. The van der Waals surface area contributed by atoms with Crippen LogP contribution in [-0.4, -0.2) is 22.7 Å². The zero-order valence-electron chi connectivity index (χ0n) is 15.6. The SMILES string of the molecule is O=C(CCC(=O)N(c1ccccc1)c1ccccc1)NNC(=O)c1cccnc1. The van der Waals surface area contributed by atoms with Crippen LogP contribution >= 0.6 is 0 Å². The molecular formula is C22H20N4O3. The Labute approximate surface area is 168 Å². The normalized spacial score (nSPS) is 10.1. The van der Waals surface area contributed by atoms with Crippen molar-refractivity contribution in [1.29, 1.82) is 0 Å². The van der Waals surface area contributed by atoms with E-state index in [-0.39, 0.29) is 18.7 Å². The van der Waals surface area contributed by atoms with E-state index in [2.05, 4.69) is 15.8 Å². The maximum Gasteiger partial charge on any atom is 0.271 e. The zero-order chi connectivity index (χ0) is 20.5. The summed E-state index contributed by atoms with van der Waals surface area (Å²) in [5, 5.41) is 0. The molecule has 3 rings (SSSR count). The first-order valence-electron chi connectivity index (χ1n) is 9.07.